The van der Waals surface area contributed by atoms with Crippen LogP contribution in [0.25, 0.3) is 0 Å². The molecule has 1 fully saturated rings. The van der Waals surface area contributed by atoms with E-state index in [1.807, 2.05) is 0 Å². The SMILES string of the molecule is CN(CCN1CCCC1=O)C(=O)c1ccccc1C=O. The smallest absolute Gasteiger partial charge is 0.254 e. The summed E-state index contributed by atoms with van der Waals surface area (Å²) in [6, 6.07) is 6.73. The topological polar surface area (TPSA) is 57.7 Å². The number of carbonyl (C=O) groups is 3. The molecule has 106 valence electrons. The number of hydrogen-bond acceptors (Lipinski definition) is 3. The Morgan fingerprint density at radius 3 is 2.80 bits per heavy atom. The Hall–Kier alpha value is -2.17. The van der Waals surface area contributed by atoms with E-state index in [2.05, 4.69) is 0 Å². The highest BCUT2D eigenvalue weighted by Gasteiger charge is 2.21. The summed E-state index contributed by atoms with van der Waals surface area (Å²) < 4.78 is 0. The van der Waals surface area contributed by atoms with Crippen molar-refractivity contribution in [3.05, 3.63) is 35.4 Å². The summed E-state index contributed by atoms with van der Waals surface area (Å²) in [5.74, 6) is -0.0431. The fourth-order valence-corrected chi connectivity index (χ4v) is 2.31. The molecule has 20 heavy (non-hydrogen) atoms. The van der Waals surface area contributed by atoms with Crippen LogP contribution in [0.3, 0.4) is 0 Å². The van der Waals surface area contributed by atoms with Crippen LogP contribution in [0.1, 0.15) is 33.6 Å². The second-order valence-electron chi connectivity index (χ2n) is 4.92. The van der Waals surface area contributed by atoms with Gasteiger partial charge in [0.2, 0.25) is 5.91 Å². The van der Waals surface area contributed by atoms with Gasteiger partial charge in [-0.15, -0.1) is 0 Å². The van der Waals surface area contributed by atoms with Crippen molar-refractivity contribution in [2.45, 2.75) is 12.8 Å². The number of rotatable bonds is 5. The van der Waals surface area contributed by atoms with E-state index in [-0.39, 0.29) is 11.8 Å². The molecule has 1 saturated heterocycles. The van der Waals surface area contributed by atoms with Crippen LogP contribution in [-0.4, -0.2) is 54.6 Å². The van der Waals surface area contributed by atoms with Gasteiger partial charge in [-0.05, 0) is 12.5 Å². The fourth-order valence-electron chi connectivity index (χ4n) is 2.31. The van der Waals surface area contributed by atoms with E-state index in [0.29, 0.717) is 36.9 Å². The van der Waals surface area contributed by atoms with Gasteiger partial charge in [-0.25, -0.2) is 0 Å². The molecule has 5 nitrogen and oxygen atoms in total. The van der Waals surface area contributed by atoms with Gasteiger partial charge in [0.05, 0.1) is 5.56 Å². The van der Waals surface area contributed by atoms with Gasteiger partial charge in [0.15, 0.2) is 6.29 Å². The van der Waals surface area contributed by atoms with Gasteiger partial charge in [-0.3, -0.25) is 14.4 Å². The van der Waals surface area contributed by atoms with Gasteiger partial charge >= 0.3 is 0 Å². The van der Waals surface area contributed by atoms with Crippen molar-refractivity contribution in [3.8, 4) is 0 Å². The first kappa shape index (κ1) is 14.2. The summed E-state index contributed by atoms with van der Waals surface area (Å²) in [4.78, 5) is 38.0. The molecule has 0 saturated carbocycles. The number of amides is 2. The third-order valence-corrected chi connectivity index (χ3v) is 3.54. The summed E-state index contributed by atoms with van der Waals surface area (Å²) in [7, 11) is 1.68. The number of nitrogens with zero attached hydrogens (tertiary/aromatic N) is 2. The molecule has 0 aliphatic carbocycles. The van der Waals surface area contributed by atoms with E-state index >= 15 is 0 Å². The lowest BCUT2D eigenvalue weighted by atomic mass is 10.1. The first-order valence-corrected chi connectivity index (χ1v) is 6.71. The Morgan fingerprint density at radius 2 is 2.15 bits per heavy atom. The Labute approximate surface area is 118 Å². The summed E-state index contributed by atoms with van der Waals surface area (Å²) in [5, 5.41) is 0. The van der Waals surface area contributed by atoms with E-state index in [0.717, 1.165) is 13.0 Å². The van der Waals surface area contributed by atoms with E-state index in [1.54, 1.807) is 41.1 Å². The number of benzene rings is 1. The summed E-state index contributed by atoms with van der Waals surface area (Å²) >= 11 is 0. The normalized spacial score (nSPS) is 14.4. The molecular formula is C15H18N2O3. The standard InChI is InChI=1S/C15H18N2O3/c1-16(9-10-17-8-4-7-14(17)19)15(20)13-6-3-2-5-12(13)11-18/h2-3,5-6,11H,4,7-10H2,1H3. The fraction of sp³-hybridized carbons (Fsp3) is 0.400. The zero-order chi connectivity index (χ0) is 14.5. The molecule has 5 heteroatoms. The quantitative estimate of drug-likeness (QED) is 0.758. The lowest BCUT2D eigenvalue weighted by Crippen LogP contribution is -2.37. The number of hydrogen-bond donors (Lipinski definition) is 0. The molecule has 0 radical (unpaired) electrons. The second kappa shape index (κ2) is 6.32. The predicted octanol–water partition coefficient (Wildman–Crippen LogP) is 1.19. The van der Waals surface area contributed by atoms with Crippen LogP contribution >= 0.6 is 0 Å². The highest BCUT2D eigenvalue weighted by Crippen LogP contribution is 2.11. The zero-order valence-corrected chi connectivity index (χ0v) is 11.5. The van der Waals surface area contributed by atoms with E-state index in [1.165, 1.54) is 0 Å². The number of aldehydes is 1. The molecule has 0 unspecified atom stereocenters. The molecule has 1 aromatic rings. The van der Waals surface area contributed by atoms with Crippen molar-refractivity contribution < 1.29 is 14.4 Å². The molecule has 1 aliphatic heterocycles. The number of likely N-dealkylation sites (tertiary alicyclic amines) is 1. The minimum atomic E-state index is -0.195. The molecule has 1 aliphatic rings. The van der Waals surface area contributed by atoms with Crippen LogP contribution < -0.4 is 0 Å². The molecule has 0 atom stereocenters. The maximum atomic E-state index is 12.3. The van der Waals surface area contributed by atoms with Gasteiger partial charge in [0, 0.05) is 38.7 Å². The van der Waals surface area contributed by atoms with E-state index in [4.69, 9.17) is 0 Å². The van der Waals surface area contributed by atoms with Crippen molar-refractivity contribution in [2.24, 2.45) is 0 Å². The van der Waals surface area contributed by atoms with E-state index < -0.39 is 0 Å². The van der Waals surface area contributed by atoms with Crippen LogP contribution in [0.15, 0.2) is 24.3 Å². The van der Waals surface area contributed by atoms with Crippen LogP contribution in [-0.2, 0) is 4.79 Å². The first-order chi connectivity index (χ1) is 9.63. The average Bonchev–Trinajstić information content (AvgIpc) is 2.89. The van der Waals surface area contributed by atoms with Crippen molar-refractivity contribution in [2.75, 3.05) is 26.7 Å². The third kappa shape index (κ3) is 3.04. The molecule has 1 aromatic carbocycles. The second-order valence-corrected chi connectivity index (χ2v) is 4.92. The lowest BCUT2D eigenvalue weighted by Gasteiger charge is -2.22. The Morgan fingerprint density at radius 1 is 1.40 bits per heavy atom. The minimum Gasteiger partial charge on any atom is -0.341 e. The monoisotopic (exact) mass is 274 g/mol. The molecule has 0 N–H and O–H groups in total. The molecule has 2 amide bonds. The van der Waals surface area contributed by atoms with Gasteiger partial charge in [-0.1, -0.05) is 18.2 Å². The van der Waals surface area contributed by atoms with Crippen molar-refractivity contribution in [1.82, 2.24) is 9.80 Å². The molecular weight excluding hydrogens is 256 g/mol. The zero-order valence-electron chi connectivity index (χ0n) is 11.5. The highest BCUT2D eigenvalue weighted by atomic mass is 16.2. The Bertz CT molecular complexity index is 528. The lowest BCUT2D eigenvalue weighted by molar-refractivity contribution is -0.127. The van der Waals surface area contributed by atoms with Crippen molar-refractivity contribution in [3.63, 3.8) is 0 Å². The van der Waals surface area contributed by atoms with Gasteiger partial charge < -0.3 is 9.80 Å². The molecule has 0 bridgehead atoms. The molecule has 0 aromatic heterocycles. The molecule has 0 spiro atoms. The van der Waals surface area contributed by atoms with E-state index in [9.17, 15) is 14.4 Å². The van der Waals surface area contributed by atoms with Crippen molar-refractivity contribution >= 4 is 18.1 Å². The largest absolute Gasteiger partial charge is 0.341 e. The summed E-state index contributed by atoms with van der Waals surface area (Å²) in [6.45, 7) is 1.79. The average molecular weight is 274 g/mol. The van der Waals surface area contributed by atoms with Crippen LogP contribution in [0, 0.1) is 0 Å². The Kier molecular flexibility index (Phi) is 4.50. The Balaban J connectivity index is 1.98. The van der Waals surface area contributed by atoms with Gasteiger partial charge in [0.25, 0.3) is 5.91 Å². The number of likely N-dealkylation sites (N-methyl/N-ethyl adjacent to an activating group) is 1. The van der Waals surface area contributed by atoms with Crippen LogP contribution in [0.2, 0.25) is 0 Å². The number of carbonyl (C=O) groups excluding carboxylic acids is 3. The highest BCUT2D eigenvalue weighted by molar-refractivity contribution is 6.01. The summed E-state index contributed by atoms with van der Waals surface area (Å²) in [6.07, 6.45) is 2.18. The maximum Gasteiger partial charge on any atom is 0.254 e. The summed E-state index contributed by atoms with van der Waals surface area (Å²) in [5.41, 5.74) is 0.791. The van der Waals surface area contributed by atoms with Crippen molar-refractivity contribution in [1.29, 1.82) is 0 Å². The first-order valence-electron chi connectivity index (χ1n) is 6.71. The van der Waals surface area contributed by atoms with Crippen LogP contribution in [0.4, 0.5) is 0 Å². The third-order valence-electron chi connectivity index (χ3n) is 3.54. The van der Waals surface area contributed by atoms with Gasteiger partial charge in [-0.2, -0.15) is 0 Å². The minimum absolute atomic E-state index is 0.152. The maximum absolute atomic E-state index is 12.3. The molecule has 1 heterocycles. The van der Waals surface area contributed by atoms with Gasteiger partial charge in [0.1, 0.15) is 0 Å². The molecule has 2 rings (SSSR count). The predicted molar refractivity (Wildman–Crippen MR) is 74.6 cm³/mol. The van der Waals surface area contributed by atoms with Crippen LogP contribution in [0.5, 0.6) is 0 Å².